The summed E-state index contributed by atoms with van der Waals surface area (Å²) < 4.78 is 11.1. The first-order chi connectivity index (χ1) is 14.5. The fourth-order valence-corrected chi connectivity index (χ4v) is 3.01. The van der Waals surface area contributed by atoms with E-state index in [9.17, 15) is 4.79 Å². The predicted molar refractivity (Wildman–Crippen MR) is 120 cm³/mol. The van der Waals surface area contributed by atoms with Gasteiger partial charge in [-0.3, -0.25) is 4.79 Å². The normalized spacial score (nSPS) is 10.8. The first kappa shape index (κ1) is 21.7. The maximum absolute atomic E-state index is 12.1. The smallest absolute Gasteiger partial charge is 0.271 e. The van der Waals surface area contributed by atoms with Crippen molar-refractivity contribution in [3.8, 4) is 11.5 Å². The molecule has 0 aliphatic rings. The summed E-state index contributed by atoms with van der Waals surface area (Å²) in [4.78, 5) is 12.1. The van der Waals surface area contributed by atoms with Crippen molar-refractivity contribution in [3.05, 3.63) is 93.5 Å². The minimum Gasteiger partial charge on any atom is -0.494 e. The molecule has 0 aliphatic carbocycles. The second kappa shape index (κ2) is 10.7. The van der Waals surface area contributed by atoms with E-state index in [2.05, 4.69) is 10.5 Å². The molecular formula is C23H20Cl2N2O3. The lowest BCUT2D eigenvalue weighted by molar-refractivity contribution is 0.0955. The molecule has 1 amide bonds. The quantitative estimate of drug-likeness (QED) is 0.357. The molecule has 0 radical (unpaired) electrons. The van der Waals surface area contributed by atoms with E-state index in [-0.39, 0.29) is 5.91 Å². The Morgan fingerprint density at radius 3 is 2.30 bits per heavy atom. The Morgan fingerprint density at radius 1 is 0.967 bits per heavy atom. The van der Waals surface area contributed by atoms with Crippen LogP contribution in [-0.2, 0) is 6.61 Å². The van der Waals surface area contributed by atoms with Crippen LogP contribution in [0.5, 0.6) is 11.5 Å². The molecular weight excluding hydrogens is 423 g/mol. The Kier molecular flexibility index (Phi) is 7.71. The third-order valence-electron chi connectivity index (χ3n) is 4.10. The van der Waals surface area contributed by atoms with E-state index in [1.807, 2.05) is 37.3 Å². The van der Waals surface area contributed by atoms with E-state index in [1.165, 1.54) is 0 Å². The van der Waals surface area contributed by atoms with Crippen molar-refractivity contribution in [2.75, 3.05) is 6.61 Å². The summed E-state index contributed by atoms with van der Waals surface area (Å²) in [6.07, 6.45) is 1.56. The second-order valence-electron chi connectivity index (χ2n) is 6.25. The van der Waals surface area contributed by atoms with Gasteiger partial charge in [0.15, 0.2) is 0 Å². The van der Waals surface area contributed by atoms with Gasteiger partial charge in [0.1, 0.15) is 18.1 Å². The van der Waals surface area contributed by atoms with E-state index < -0.39 is 0 Å². The highest BCUT2D eigenvalue weighted by Crippen LogP contribution is 2.22. The van der Waals surface area contributed by atoms with Gasteiger partial charge < -0.3 is 9.47 Å². The Hall–Kier alpha value is -3.02. The topological polar surface area (TPSA) is 59.9 Å². The molecule has 0 spiro atoms. The minimum atomic E-state index is -0.297. The zero-order valence-electron chi connectivity index (χ0n) is 16.3. The Morgan fingerprint density at radius 2 is 1.63 bits per heavy atom. The Balaban J connectivity index is 1.50. The number of benzene rings is 3. The van der Waals surface area contributed by atoms with Crippen LogP contribution < -0.4 is 14.9 Å². The number of hydrogen-bond donors (Lipinski definition) is 1. The highest BCUT2D eigenvalue weighted by Gasteiger charge is 2.05. The maximum Gasteiger partial charge on any atom is 0.271 e. The molecule has 3 aromatic rings. The monoisotopic (exact) mass is 442 g/mol. The highest BCUT2D eigenvalue weighted by atomic mass is 35.5. The largest absolute Gasteiger partial charge is 0.494 e. The molecule has 0 saturated carbocycles. The number of rotatable bonds is 8. The number of nitrogens with zero attached hydrogens (tertiary/aromatic N) is 1. The van der Waals surface area contributed by atoms with Gasteiger partial charge in [0.05, 0.1) is 12.8 Å². The number of hydrogen-bond acceptors (Lipinski definition) is 4. The van der Waals surface area contributed by atoms with E-state index in [0.717, 1.165) is 16.9 Å². The molecule has 0 atom stereocenters. The van der Waals surface area contributed by atoms with Gasteiger partial charge in [-0.1, -0.05) is 29.3 Å². The molecule has 3 rings (SSSR count). The van der Waals surface area contributed by atoms with E-state index in [0.29, 0.717) is 34.6 Å². The number of ether oxygens (including phenoxy) is 2. The van der Waals surface area contributed by atoms with Crippen LogP contribution in [0.3, 0.4) is 0 Å². The van der Waals surface area contributed by atoms with Gasteiger partial charge in [0.25, 0.3) is 5.91 Å². The minimum absolute atomic E-state index is 0.297. The zero-order valence-corrected chi connectivity index (χ0v) is 17.8. The fourth-order valence-electron chi connectivity index (χ4n) is 2.55. The fraction of sp³-hybridized carbons (Fsp3) is 0.130. The summed E-state index contributed by atoms with van der Waals surface area (Å²) in [6, 6.07) is 19.5. The summed E-state index contributed by atoms with van der Waals surface area (Å²) in [5, 5.41) is 5.14. The van der Waals surface area contributed by atoms with Gasteiger partial charge in [-0.2, -0.15) is 5.10 Å². The van der Waals surface area contributed by atoms with Crippen LogP contribution in [0.1, 0.15) is 28.4 Å². The van der Waals surface area contributed by atoms with Crippen molar-refractivity contribution in [2.24, 2.45) is 5.10 Å². The summed E-state index contributed by atoms with van der Waals surface area (Å²) in [5.74, 6) is 1.11. The Labute approximate surface area is 185 Å². The molecule has 0 bridgehead atoms. The third kappa shape index (κ3) is 6.24. The van der Waals surface area contributed by atoms with Crippen LogP contribution in [0, 0.1) is 0 Å². The van der Waals surface area contributed by atoms with Gasteiger partial charge in [-0.15, -0.1) is 0 Å². The Bertz CT molecular complexity index is 1020. The van der Waals surface area contributed by atoms with Crippen molar-refractivity contribution in [2.45, 2.75) is 13.5 Å². The van der Waals surface area contributed by atoms with Crippen LogP contribution in [0.4, 0.5) is 0 Å². The predicted octanol–water partition coefficient (Wildman–Crippen LogP) is 5.74. The molecule has 154 valence electrons. The molecule has 0 fully saturated rings. The first-order valence-electron chi connectivity index (χ1n) is 9.28. The van der Waals surface area contributed by atoms with Crippen molar-refractivity contribution >= 4 is 35.3 Å². The van der Waals surface area contributed by atoms with Gasteiger partial charge in [0.2, 0.25) is 0 Å². The number of carbonyl (C=O) groups is 1. The van der Waals surface area contributed by atoms with Crippen LogP contribution in [0.25, 0.3) is 0 Å². The third-order valence-corrected chi connectivity index (χ3v) is 4.68. The van der Waals surface area contributed by atoms with Crippen LogP contribution in [0.15, 0.2) is 71.8 Å². The van der Waals surface area contributed by atoms with Gasteiger partial charge in [-0.05, 0) is 73.2 Å². The average Bonchev–Trinajstić information content (AvgIpc) is 2.75. The lowest BCUT2D eigenvalue weighted by Gasteiger charge is -2.08. The van der Waals surface area contributed by atoms with Crippen LogP contribution >= 0.6 is 23.2 Å². The van der Waals surface area contributed by atoms with E-state index >= 15 is 0 Å². The number of amides is 1. The van der Waals surface area contributed by atoms with Gasteiger partial charge in [0, 0.05) is 21.2 Å². The molecule has 1 N–H and O–H groups in total. The molecule has 7 heteroatoms. The number of nitrogens with one attached hydrogen (secondary N) is 1. The van der Waals surface area contributed by atoms with Crippen LogP contribution in [-0.4, -0.2) is 18.7 Å². The second-order valence-corrected chi connectivity index (χ2v) is 7.09. The first-order valence-corrected chi connectivity index (χ1v) is 10.0. The molecule has 0 aromatic heterocycles. The summed E-state index contributed by atoms with van der Waals surface area (Å²) >= 11 is 12.0. The molecule has 30 heavy (non-hydrogen) atoms. The summed E-state index contributed by atoms with van der Waals surface area (Å²) in [5.41, 5.74) is 4.67. The highest BCUT2D eigenvalue weighted by molar-refractivity contribution is 6.35. The van der Waals surface area contributed by atoms with E-state index in [4.69, 9.17) is 32.7 Å². The molecule has 0 heterocycles. The molecule has 0 unspecified atom stereocenters. The number of carbonyl (C=O) groups excluding carboxylic acids is 1. The average molecular weight is 443 g/mol. The lowest BCUT2D eigenvalue weighted by Crippen LogP contribution is -2.17. The summed E-state index contributed by atoms with van der Waals surface area (Å²) in [7, 11) is 0. The number of hydrazone groups is 1. The summed E-state index contributed by atoms with van der Waals surface area (Å²) in [6.45, 7) is 2.82. The van der Waals surface area contributed by atoms with Gasteiger partial charge in [-0.25, -0.2) is 5.43 Å². The maximum atomic E-state index is 12.1. The molecule has 5 nitrogen and oxygen atoms in total. The number of halogens is 2. The molecule has 0 saturated heterocycles. The zero-order chi connectivity index (χ0) is 21.3. The van der Waals surface area contributed by atoms with Gasteiger partial charge >= 0.3 is 0 Å². The molecule has 0 aliphatic heterocycles. The van der Waals surface area contributed by atoms with Crippen molar-refractivity contribution in [1.29, 1.82) is 0 Å². The van der Waals surface area contributed by atoms with Crippen molar-refractivity contribution in [1.82, 2.24) is 5.43 Å². The molecule has 3 aromatic carbocycles. The SMILES string of the molecule is CCOc1ccc(C(=O)N/N=C\c2ccc(OCc3ccc(Cl)cc3Cl)cc2)cc1. The standard InChI is InChI=1S/C23H20Cl2N2O3/c1-2-29-20-11-6-17(7-12-20)23(28)27-26-14-16-3-9-21(10-4-16)30-15-18-5-8-19(24)13-22(18)25/h3-14H,2,15H2,1H3,(H,27,28)/b26-14-. The van der Waals surface area contributed by atoms with E-state index in [1.54, 1.807) is 42.6 Å². The van der Waals surface area contributed by atoms with Crippen molar-refractivity contribution in [3.63, 3.8) is 0 Å². The van der Waals surface area contributed by atoms with Crippen LogP contribution in [0.2, 0.25) is 10.0 Å². The van der Waals surface area contributed by atoms with Crippen molar-refractivity contribution < 1.29 is 14.3 Å². The lowest BCUT2D eigenvalue weighted by atomic mass is 10.2.